The van der Waals surface area contributed by atoms with E-state index in [-0.39, 0.29) is 0 Å². The van der Waals surface area contributed by atoms with Gasteiger partial charge in [-0.05, 0) is 45.3 Å². The lowest BCUT2D eigenvalue weighted by molar-refractivity contribution is 0.261. The van der Waals surface area contributed by atoms with Crippen molar-refractivity contribution in [2.24, 2.45) is 0 Å². The van der Waals surface area contributed by atoms with Gasteiger partial charge in [0.15, 0.2) is 0 Å². The van der Waals surface area contributed by atoms with Crippen molar-refractivity contribution in [2.45, 2.75) is 6.92 Å². The summed E-state index contributed by atoms with van der Waals surface area (Å²) < 4.78 is 5.47. The molecule has 0 aromatic heterocycles. The molecule has 0 fully saturated rings. The van der Waals surface area contributed by atoms with E-state index in [1.54, 1.807) is 0 Å². The average Bonchev–Trinajstić information content (AvgIpc) is 2.42. The molecule has 3 nitrogen and oxygen atoms in total. The van der Waals surface area contributed by atoms with E-state index < -0.39 is 0 Å². The highest BCUT2D eigenvalue weighted by atomic mass is 16.5. The molecule has 0 aliphatic carbocycles. The minimum Gasteiger partial charge on any atom is -0.492 e. The highest BCUT2D eigenvalue weighted by molar-refractivity contribution is 5.41. The van der Waals surface area contributed by atoms with Gasteiger partial charge in [0.2, 0.25) is 0 Å². The van der Waals surface area contributed by atoms with Gasteiger partial charge in [-0.25, -0.2) is 0 Å². The predicted molar refractivity (Wildman–Crippen MR) is 86.1 cm³/mol. The second-order valence-corrected chi connectivity index (χ2v) is 4.88. The van der Waals surface area contributed by atoms with Crippen molar-refractivity contribution in [2.75, 3.05) is 33.0 Å². The number of aryl methyl sites for hydroxylation is 1. The first-order valence-electron chi connectivity index (χ1n) is 6.72. The molecule has 2 rings (SSSR count). The second kappa shape index (κ2) is 8.99. The fraction of sp³-hybridized carbons (Fsp3) is 0.294. The van der Waals surface area contributed by atoms with Crippen LogP contribution < -0.4 is 10.5 Å². The third-order valence-corrected chi connectivity index (χ3v) is 2.63. The van der Waals surface area contributed by atoms with Crippen LogP contribution in [-0.4, -0.2) is 32.1 Å². The van der Waals surface area contributed by atoms with E-state index in [1.165, 1.54) is 5.56 Å². The molecule has 0 unspecified atom stereocenters. The Bertz CT molecular complexity index is 466. The van der Waals surface area contributed by atoms with Crippen LogP contribution in [0.5, 0.6) is 5.75 Å². The zero-order chi connectivity index (χ0) is 14.8. The van der Waals surface area contributed by atoms with Crippen LogP contribution >= 0.6 is 0 Å². The predicted octanol–water partition coefficient (Wildman–Crippen LogP) is 3.20. The van der Waals surface area contributed by atoms with Gasteiger partial charge >= 0.3 is 0 Å². The molecule has 108 valence electrons. The van der Waals surface area contributed by atoms with Crippen LogP contribution in [0.3, 0.4) is 0 Å². The van der Waals surface area contributed by atoms with Crippen LogP contribution in [0.2, 0.25) is 0 Å². The number of hydrogen-bond donors (Lipinski definition) is 1. The summed E-state index contributed by atoms with van der Waals surface area (Å²) in [6, 6.07) is 17.7. The minimum absolute atomic E-state index is 0.705. The molecule has 0 saturated carbocycles. The van der Waals surface area contributed by atoms with Crippen LogP contribution in [0.1, 0.15) is 5.56 Å². The third-order valence-electron chi connectivity index (χ3n) is 2.63. The Morgan fingerprint density at radius 3 is 2.00 bits per heavy atom. The first kappa shape index (κ1) is 16.1. The van der Waals surface area contributed by atoms with Crippen molar-refractivity contribution in [3.63, 3.8) is 0 Å². The largest absolute Gasteiger partial charge is 0.492 e. The van der Waals surface area contributed by atoms with Crippen molar-refractivity contribution in [1.82, 2.24) is 4.90 Å². The Morgan fingerprint density at radius 1 is 0.950 bits per heavy atom. The minimum atomic E-state index is 0.705. The lowest BCUT2D eigenvalue weighted by Crippen LogP contribution is -2.19. The number of anilines is 1. The summed E-state index contributed by atoms with van der Waals surface area (Å²) in [6.07, 6.45) is 0. The SMILES string of the molecule is CN(C)CCOc1ccc(N)cc1.Cc1ccccc1. The molecule has 0 saturated heterocycles. The Morgan fingerprint density at radius 2 is 1.55 bits per heavy atom. The van der Waals surface area contributed by atoms with Crippen LogP contribution in [-0.2, 0) is 0 Å². The second-order valence-electron chi connectivity index (χ2n) is 4.88. The van der Waals surface area contributed by atoms with Crippen LogP contribution in [0.4, 0.5) is 5.69 Å². The summed E-state index contributed by atoms with van der Waals surface area (Å²) >= 11 is 0. The molecule has 0 aliphatic rings. The lowest BCUT2D eigenvalue weighted by atomic mass is 10.2. The number of nitrogens with two attached hydrogens (primary N) is 1. The van der Waals surface area contributed by atoms with Crippen molar-refractivity contribution < 1.29 is 4.74 Å². The molecule has 0 atom stereocenters. The van der Waals surface area contributed by atoms with Gasteiger partial charge in [-0.3, -0.25) is 0 Å². The molecule has 2 aromatic rings. The average molecular weight is 272 g/mol. The number of benzene rings is 2. The number of nitrogens with zero attached hydrogens (tertiary/aromatic N) is 1. The number of ether oxygens (including phenoxy) is 1. The van der Waals surface area contributed by atoms with Gasteiger partial charge in [-0.15, -0.1) is 0 Å². The molecular formula is C17H24N2O. The van der Waals surface area contributed by atoms with Crippen LogP contribution in [0.15, 0.2) is 54.6 Å². The summed E-state index contributed by atoms with van der Waals surface area (Å²) in [4.78, 5) is 2.08. The van der Waals surface area contributed by atoms with Crippen LogP contribution in [0.25, 0.3) is 0 Å². The highest BCUT2D eigenvalue weighted by Crippen LogP contribution is 2.12. The molecule has 20 heavy (non-hydrogen) atoms. The van der Waals surface area contributed by atoms with E-state index in [1.807, 2.05) is 56.6 Å². The molecule has 0 spiro atoms. The van der Waals surface area contributed by atoms with Crippen molar-refractivity contribution in [1.29, 1.82) is 0 Å². The molecule has 2 N–H and O–H groups in total. The summed E-state index contributed by atoms with van der Waals surface area (Å²) in [5.74, 6) is 0.871. The van der Waals surface area contributed by atoms with Gasteiger partial charge in [0.05, 0.1) is 0 Å². The zero-order valence-corrected chi connectivity index (χ0v) is 12.5. The molecule has 0 heterocycles. The molecule has 3 heteroatoms. The standard InChI is InChI=1S/C10H16N2O.C7H8/c1-12(2)7-8-13-10-5-3-9(11)4-6-10;1-7-5-3-2-4-6-7/h3-6H,7-8,11H2,1-2H3;2-6H,1H3. The smallest absolute Gasteiger partial charge is 0.119 e. The van der Waals surface area contributed by atoms with Crippen LogP contribution in [0, 0.1) is 6.92 Å². The number of hydrogen-bond acceptors (Lipinski definition) is 3. The summed E-state index contributed by atoms with van der Waals surface area (Å²) in [5.41, 5.74) is 7.63. The fourth-order valence-electron chi connectivity index (χ4n) is 1.44. The highest BCUT2D eigenvalue weighted by Gasteiger charge is 1.93. The lowest BCUT2D eigenvalue weighted by Gasteiger charge is -2.10. The normalized spacial score (nSPS) is 9.80. The maximum atomic E-state index is 5.54. The number of likely N-dealkylation sites (N-methyl/N-ethyl adjacent to an activating group) is 1. The van der Waals surface area contributed by atoms with E-state index in [4.69, 9.17) is 10.5 Å². The van der Waals surface area contributed by atoms with E-state index in [9.17, 15) is 0 Å². The maximum absolute atomic E-state index is 5.54. The molecule has 2 aromatic carbocycles. The Labute approximate surface area is 122 Å². The van der Waals surface area contributed by atoms with Gasteiger partial charge in [0.1, 0.15) is 12.4 Å². The number of nitrogen functional groups attached to an aromatic ring is 1. The summed E-state index contributed by atoms with van der Waals surface area (Å²) in [7, 11) is 4.04. The van der Waals surface area contributed by atoms with E-state index >= 15 is 0 Å². The van der Waals surface area contributed by atoms with Crippen molar-refractivity contribution >= 4 is 5.69 Å². The van der Waals surface area contributed by atoms with E-state index in [0.29, 0.717) is 6.61 Å². The fourth-order valence-corrected chi connectivity index (χ4v) is 1.44. The topological polar surface area (TPSA) is 38.5 Å². The molecule has 0 bridgehead atoms. The summed E-state index contributed by atoms with van der Waals surface area (Å²) in [5, 5.41) is 0. The molecule has 0 radical (unpaired) electrons. The Hall–Kier alpha value is -2.00. The molecule has 0 aliphatic heterocycles. The van der Waals surface area contributed by atoms with Gasteiger partial charge in [-0.2, -0.15) is 0 Å². The zero-order valence-electron chi connectivity index (χ0n) is 12.5. The van der Waals surface area contributed by atoms with Gasteiger partial charge in [-0.1, -0.05) is 35.9 Å². The first-order valence-corrected chi connectivity index (χ1v) is 6.72. The maximum Gasteiger partial charge on any atom is 0.119 e. The van der Waals surface area contributed by atoms with E-state index in [0.717, 1.165) is 18.0 Å². The van der Waals surface area contributed by atoms with E-state index in [2.05, 4.69) is 24.0 Å². The molecular weight excluding hydrogens is 248 g/mol. The Kier molecular flexibility index (Phi) is 7.22. The molecule has 0 amide bonds. The monoisotopic (exact) mass is 272 g/mol. The third kappa shape index (κ3) is 7.44. The summed E-state index contributed by atoms with van der Waals surface area (Å²) in [6.45, 7) is 3.71. The van der Waals surface area contributed by atoms with Crippen molar-refractivity contribution in [3.05, 3.63) is 60.2 Å². The quantitative estimate of drug-likeness (QED) is 0.869. The first-order chi connectivity index (χ1) is 9.58. The van der Waals surface area contributed by atoms with Crippen molar-refractivity contribution in [3.8, 4) is 5.75 Å². The van der Waals surface area contributed by atoms with Gasteiger partial charge in [0.25, 0.3) is 0 Å². The Balaban J connectivity index is 0.000000240. The van der Waals surface area contributed by atoms with Gasteiger partial charge in [0, 0.05) is 12.2 Å². The van der Waals surface area contributed by atoms with Gasteiger partial charge < -0.3 is 15.4 Å². The number of rotatable bonds is 4.